The second-order valence-corrected chi connectivity index (χ2v) is 10.6. The second kappa shape index (κ2) is 13.0. The third kappa shape index (κ3) is 10.3. The second-order valence-electron chi connectivity index (χ2n) is 10.6. The first-order valence-electron chi connectivity index (χ1n) is 12.1. The van der Waals surface area contributed by atoms with Crippen LogP contribution >= 0.6 is 0 Å². The van der Waals surface area contributed by atoms with E-state index in [0.29, 0.717) is 0 Å². The molecule has 0 aliphatic carbocycles. The average Bonchev–Trinajstić information content (AvgIpc) is 2.68. The first kappa shape index (κ1) is 32.8. The highest BCUT2D eigenvalue weighted by Crippen LogP contribution is 2.37. The van der Waals surface area contributed by atoms with Crippen LogP contribution in [0, 0.1) is 0 Å². The Morgan fingerprint density at radius 3 is 1.87 bits per heavy atom. The Hall–Kier alpha value is -3.22. The van der Waals surface area contributed by atoms with Crippen molar-refractivity contribution in [2.24, 2.45) is 0 Å². The van der Waals surface area contributed by atoms with Crippen LogP contribution in [-0.4, -0.2) is 89.0 Å². The molecule has 1 aliphatic heterocycles. The van der Waals surface area contributed by atoms with E-state index < -0.39 is 84.1 Å². The van der Waals surface area contributed by atoms with Crippen molar-refractivity contribution in [3.63, 3.8) is 0 Å². The lowest BCUT2D eigenvalue weighted by molar-refractivity contribution is -0.240. The van der Waals surface area contributed by atoms with Crippen LogP contribution in [0.2, 0.25) is 0 Å². The predicted molar refractivity (Wildman–Crippen MR) is 129 cm³/mol. The van der Waals surface area contributed by atoms with Crippen molar-refractivity contribution in [3.8, 4) is 0 Å². The van der Waals surface area contributed by atoms with E-state index >= 15 is 0 Å². The summed E-state index contributed by atoms with van der Waals surface area (Å²) >= 11 is 0. The zero-order chi connectivity index (χ0) is 29.6. The van der Waals surface area contributed by atoms with Gasteiger partial charge in [0.15, 0.2) is 12.2 Å². The molecular weight excluding hydrogens is 506 g/mol. The van der Waals surface area contributed by atoms with Crippen LogP contribution in [0.5, 0.6) is 0 Å². The largest absolute Gasteiger partial charge is 0.462 e. The van der Waals surface area contributed by atoms with Gasteiger partial charge in [0.05, 0.1) is 5.60 Å². The van der Waals surface area contributed by atoms with Gasteiger partial charge in [-0.3, -0.25) is 24.0 Å². The van der Waals surface area contributed by atoms with E-state index in [4.69, 9.17) is 28.4 Å². The summed E-state index contributed by atoms with van der Waals surface area (Å²) in [5, 5.41) is 0. The van der Waals surface area contributed by atoms with Crippen molar-refractivity contribution >= 4 is 35.9 Å². The van der Waals surface area contributed by atoms with Gasteiger partial charge >= 0.3 is 30.0 Å². The molecule has 13 nitrogen and oxygen atoms in total. The number of hydrogen-bond donors (Lipinski definition) is 0. The van der Waals surface area contributed by atoms with Gasteiger partial charge in [-0.25, -0.2) is 9.69 Å². The fourth-order valence-electron chi connectivity index (χ4n) is 4.13. The number of nitrogens with zero attached hydrogens (tertiary/aromatic N) is 1. The first-order valence-corrected chi connectivity index (χ1v) is 12.1. The molecule has 0 aromatic rings. The Kier molecular flexibility index (Phi) is 11.2. The molecule has 0 aromatic carbocycles. The number of carbonyl (C=O) groups excluding carboxylic acids is 6. The summed E-state index contributed by atoms with van der Waals surface area (Å²) in [7, 11) is 0. The minimum absolute atomic E-state index is 0.0370. The molecule has 1 rings (SSSR count). The summed E-state index contributed by atoms with van der Waals surface area (Å²) in [5.74, 6) is -3.80. The van der Waals surface area contributed by atoms with Crippen LogP contribution < -0.4 is 0 Å². The molecule has 0 saturated carbocycles. The zero-order valence-corrected chi connectivity index (χ0v) is 23.6. The lowest BCUT2D eigenvalue weighted by Gasteiger charge is -2.50. The monoisotopic (exact) mass is 545 g/mol. The maximum absolute atomic E-state index is 13.3. The number of amides is 2. The van der Waals surface area contributed by atoms with E-state index in [1.165, 1.54) is 0 Å². The fourth-order valence-corrected chi connectivity index (χ4v) is 4.13. The molecule has 2 amide bonds. The van der Waals surface area contributed by atoms with Gasteiger partial charge in [0.2, 0.25) is 5.91 Å². The highest BCUT2D eigenvalue weighted by atomic mass is 16.6. The quantitative estimate of drug-likeness (QED) is 0.323. The molecule has 0 spiro atoms. The highest BCUT2D eigenvalue weighted by molar-refractivity contribution is 5.91. The minimum atomic E-state index is -1.51. The molecule has 0 aromatic heterocycles. The van der Waals surface area contributed by atoms with Crippen LogP contribution in [-0.2, 0) is 52.4 Å². The van der Waals surface area contributed by atoms with Gasteiger partial charge in [-0.2, -0.15) is 0 Å². The summed E-state index contributed by atoms with van der Waals surface area (Å²) in [5.41, 5.74) is -2.05. The smallest absolute Gasteiger partial charge is 0.417 e. The van der Waals surface area contributed by atoms with E-state index in [2.05, 4.69) is 0 Å². The molecular formula is C25H39NO12. The van der Waals surface area contributed by atoms with Crippen molar-refractivity contribution in [1.82, 2.24) is 4.90 Å². The predicted octanol–water partition coefficient (Wildman–Crippen LogP) is 2.06. The molecule has 1 aliphatic rings. The lowest BCUT2D eigenvalue weighted by atomic mass is 9.84. The number of carbonyl (C=O) groups is 6. The van der Waals surface area contributed by atoms with E-state index in [1.807, 2.05) is 0 Å². The van der Waals surface area contributed by atoms with Crippen LogP contribution in [0.3, 0.4) is 0 Å². The maximum Gasteiger partial charge on any atom is 0.417 e. The van der Waals surface area contributed by atoms with Crippen molar-refractivity contribution in [2.45, 2.75) is 117 Å². The molecule has 13 heteroatoms. The number of rotatable bonds is 8. The molecule has 0 N–H and O–H groups in total. The first-order chi connectivity index (χ1) is 17.2. The molecule has 0 radical (unpaired) electrons. The molecule has 216 valence electrons. The Bertz CT molecular complexity index is 922. The number of ether oxygens (including phenoxy) is 6. The third-order valence-electron chi connectivity index (χ3n) is 5.17. The van der Waals surface area contributed by atoms with E-state index in [0.717, 1.165) is 39.5 Å². The SMILES string of the molecule is CC(=O)OC[C@@H](OC(C)=O)[C@@H](OC(C)=O)C1OC(C)(C)C[C@@H](OC(C)=O)C1N(C(C)=O)C(=O)OC(C)(C)C. The van der Waals surface area contributed by atoms with E-state index in [9.17, 15) is 28.8 Å². The summed E-state index contributed by atoms with van der Waals surface area (Å²) in [6, 6.07) is -1.39. The van der Waals surface area contributed by atoms with Gasteiger partial charge in [-0.05, 0) is 34.6 Å². The van der Waals surface area contributed by atoms with Crippen molar-refractivity contribution in [2.75, 3.05) is 6.61 Å². The molecule has 5 atom stereocenters. The number of imide groups is 1. The Balaban J connectivity index is 3.84. The molecule has 1 saturated heterocycles. The van der Waals surface area contributed by atoms with Crippen LogP contribution in [0.15, 0.2) is 0 Å². The van der Waals surface area contributed by atoms with Gasteiger partial charge in [0.1, 0.15) is 30.5 Å². The maximum atomic E-state index is 13.3. The number of esters is 4. The highest BCUT2D eigenvalue weighted by Gasteiger charge is 2.55. The van der Waals surface area contributed by atoms with Crippen molar-refractivity contribution in [3.05, 3.63) is 0 Å². The third-order valence-corrected chi connectivity index (χ3v) is 5.17. The van der Waals surface area contributed by atoms with Gasteiger partial charge in [-0.1, -0.05) is 0 Å². The minimum Gasteiger partial charge on any atom is -0.462 e. The van der Waals surface area contributed by atoms with Gasteiger partial charge in [-0.15, -0.1) is 0 Å². The molecule has 1 fully saturated rings. The Labute approximate surface area is 222 Å². The topological polar surface area (TPSA) is 161 Å². The molecule has 1 heterocycles. The summed E-state index contributed by atoms with van der Waals surface area (Å²) in [4.78, 5) is 74.6. The van der Waals surface area contributed by atoms with E-state index in [1.54, 1.807) is 34.6 Å². The van der Waals surface area contributed by atoms with Crippen LogP contribution in [0.25, 0.3) is 0 Å². The fraction of sp³-hybridized carbons (Fsp3) is 0.760. The standard InChI is InChI=1S/C25H39NO12/c1-13(27)26(23(32)38-24(6,7)8)20-18(34-15(3)29)11-25(9,10)37-22(20)21(36-17(5)31)19(35-16(4)30)12-33-14(2)28/h18-22H,11-12H2,1-10H3/t18-,19-,20?,21-,22?/m1/s1. The van der Waals surface area contributed by atoms with Gasteiger partial charge in [0.25, 0.3) is 0 Å². The number of hydrogen-bond acceptors (Lipinski definition) is 12. The molecule has 2 unspecified atom stereocenters. The van der Waals surface area contributed by atoms with Crippen molar-refractivity contribution in [1.29, 1.82) is 0 Å². The Morgan fingerprint density at radius 1 is 0.895 bits per heavy atom. The summed E-state index contributed by atoms with van der Waals surface area (Å²) in [6.07, 6.45) is -6.50. The van der Waals surface area contributed by atoms with Crippen LogP contribution in [0.4, 0.5) is 4.79 Å². The van der Waals surface area contributed by atoms with Gasteiger partial charge < -0.3 is 28.4 Å². The lowest BCUT2D eigenvalue weighted by Crippen LogP contribution is -2.68. The molecule has 38 heavy (non-hydrogen) atoms. The van der Waals surface area contributed by atoms with Crippen LogP contribution in [0.1, 0.15) is 75.7 Å². The van der Waals surface area contributed by atoms with Crippen molar-refractivity contribution < 1.29 is 57.2 Å². The average molecular weight is 546 g/mol. The van der Waals surface area contributed by atoms with Gasteiger partial charge in [0, 0.05) is 41.0 Å². The summed E-state index contributed by atoms with van der Waals surface area (Å²) < 4.78 is 33.1. The zero-order valence-electron chi connectivity index (χ0n) is 23.6. The molecule has 0 bridgehead atoms. The van der Waals surface area contributed by atoms with E-state index in [-0.39, 0.29) is 6.42 Å². The Morgan fingerprint density at radius 2 is 1.45 bits per heavy atom. The normalized spacial score (nSPS) is 22.2. The summed E-state index contributed by atoms with van der Waals surface area (Å²) in [6.45, 7) is 13.2.